The molecule has 0 saturated carbocycles. The van der Waals surface area contributed by atoms with Crippen molar-refractivity contribution in [3.8, 4) is 0 Å². The van der Waals surface area contributed by atoms with E-state index in [1.54, 1.807) is 0 Å². The smallest absolute Gasteiger partial charge is 0.0406 e. The molecule has 0 fully saturated rings. The van der Waals surface area contributed by atoms with Gasteiger partial charge in [-0.25, -0.2) is 5.48 Å². The third-order valence-electron chi connectivity index (χ3n) is 0.387. The van der Waals surface area contributed by atoms with E-state index >= 15 is 0 Å². The maximum absolute atomic E-state index is 7.86. The lowest BCUT2D eigenvalue weighted by molar-refractivity contribution is 0.170. The summed E-state index contributed by atoms with van der Waals surface area (Å²) in [4.78, 5) is 2.45. The van der Waals surface area contributed by atoms with Gasteiger partial charge < -0.3 is 5.21 Å². The zero-order chi connectivity index (χ0) is 5.54. The second-order valence-electron chi connectivity index (χ2n) is 0.863. The fourth-order valence-corrected chi connectivity index (χ4v) is 0.145. The number of hydrogen-bond acceptors (Lipinski definition) is 3. The van der Waals surface area contributed by atoms with Crippen molar-refractivity contribution in [1.29, 1.82) is 0 Å². The highest BCUT2D eigenvalue weighted by Crippen LogP contribution is 1.64. The number of hydroxylamine groups is 1. The molecule has 0 aliphatic heterocycles. The van der Waals surface area contributed by atoms with Crippen LogP contribution in [0.2, 0.25) is 0 Å². The van der Waals surface area contributed by atoms with Crippen LogP contribution >= 0.6 is 12.4 Å². The van der Waals surface area contributed by atoms with Crippen molar-refractivity contribution >= 4 is 12.4 Å². The van der Waals surface area contributed by atoms with Gasteiger partial charge in [-0.1, -0.05) is 5.11 Å². The number of hydrogen-bond donors (Lipinski definition) is 2. The molecule has 0 radical (unpaired) electrons. The first-order chi connectivity index (χ1) is 3.41. The van der Waals surface area contributed by atoms with Crippen LogP contribution in [0.25, 0.3) is 10.4 Å². The van der Waals surface area contributed by atoms with Crippen LogP contribution in [0, 0.1) is 0 Å². The molecule has 6 heteroatoms. The van der Waals surface area contributed by atoms with Gasteiger partial charge in [0, 0.05) is 18.0 Å². The molecule has 0 saturated heterocycles. The molecule has 0 rings (SSSR count). The average Bonchev–Trinajstić information content (AvgIpc) is 1.69. The summed E-state index contributed by atoms with van der Waals surface area (Å²) in [6.45, 7) is 0.594. The Kier molecular flexibility index (Phi) is 12.8. The van der Waals surface area contributed by atoms with Crippen molar-refractivity contribution in [2.24, 2.45) is 5.11 Å². The highest BCUT2D eigenvalue weighted by Gasteiger charge is 1.73. The van der Waals surface area contributed by atoms with Crippen LogP contribution in [0.1, 0.15) is 0 Å². The summed E-state index contributed by atoms with van der Waals surface area (Å²) in [5.74, 6) is 0. The second-order valence-corrected chi connectivity index (χ2v) is 0.863. The van der Waals surface area contributed by atoms with Gasteiger partial charge in [0.25, 0.3) is 0 Å². The molecule has 0 bridgehead atoms. The second kappa shape index (κ2) is 9.72. The monoisotopic (exact) mass is 138 g/mol. The van der Waals surface area contributed by atoms with Crippen LogP contribution in [0.3, 0.4) is 0 Å². The summed E-state index contributed by atoms with van der Waals surface area (Å²) >= 11 is 0. The van der Waals surface area contributed by atoms with E-state index in [1.165, 1.54) is 0 Å². The Morgan fingerprint density at radius 2 is 2.38 bits per heavy atom. The van der Waals surface area contributed by atoms with Gasteiger partial charge in [-0.05, 0) is 5.53 Å². The quantitative estimate of drug-likeness (QED) is 0.198. The average molecular weight is 139 g/mol. The summed E-state index contributed by atoms with van der Waals surface area (Å²) in [6.07, 6.45) is 0. The van der Waals surface area contributed by atoms with E-state index < -0.39 is 0 Å². The summed E-state index contributed by atoms with van der Waals surface area (Å²) in [5.41, 5.74) is 9.48. The first-order valence-corrected chi connectivity index (χ1v) is 1.79. The summed E-state index contributed by atoms with van der Waals surface area (Å²) in [7, 11) is 0. The topological polar surface area (TPSA) is 81.0 Å². The van der Waals surface area contributed by atoms with E-state index in [2.05, 4.69) is 10.0 Å². The predicted octanol–water partition coefficient (Wildman–Crippen LogP) is 0.697. The minimum atomic E-state index is 0. The molecule has 0 aromatic heterocycles. The molecule has 0 amide bonds. The van der Waals surface area contributed by atoms with Gasteiger partial charge in [0.2, 0.25) is 0 Å². The van der Waals surface area contributed by atoms with E-state index in [0.717, 1.165) is 0 Å². The Labute approximate surface area is 52.7 Å². The Morgan fingerprint density at radius 1 is 1.75 bits per heavy atom. The lowest BCUT2D eigenvalue weighted by atomic mass is 10.7. The van der Waals surface area contributed by atoms with Gasteiger partial charge in [0.15, 0.2) is 0 Å². The maximum atomic E-state index is 7.86. The van der Waals surface area contributed by atoms with Crippen molar-refractivity contribution in [2.75, 3.05) is 13.1 Å². The molecule has 0 aromatic carbocycles. The Bertz CT molecular complexity index is 80.1. The molecule has 8 heavy (non-hydrogen) atoms. The Hall–Kier alpha value is -0.480. The van der Waals surface area contributed by atoms with Crippen LogP contribution < -0.4 is 5.48 Å². The molecule has 0 atom stereocenters. The van der Waals surface area contributed by atoms with Gasteiger partial charge in [0.1, 0.15) is 0 Å². The number of azide groups is 1. The number of nitrogens with one attached hydrogen (secondary N) is 1. The first kappa shape index (κ1) is 10.5. The number of nitrogens with zero attached hydrogens (tertiary/aromatic N) is 3. The minimum absolute atomic E-state index is 0. The molecule has 0 aromatic rings. The van der Waals surface area contributed by atoms with Gasteiger partial charge >= 0.3 is 0 Å². The van der Waals surface area contributed by atoms with Gasteiger partial charge in [-0.2, -0.15) is 0 Å². The summed E-state index contributed by atoms with van der Waals surface area (Å²) < 4.78 is 0. The molecular formula is C2H7ClN4O. The van der Waals surface area contributed by atoms with Crippen molar-refractivity contribution in [3.63, 3.8) is 0 Å². The van der Waals surface area contributed by atoms with Crippen molar-refractivity contribution in [2.45, 2.75) is 0 Å². The molecular weight excluding hydrogens is 132 g/mol. The largest absolute Gasteiger partial charge is 0.317 e. The SMILES string of the molecule is Cl.[N-]=[N+]=NCCNO. The fraction of sp³-hybridized carbons (Fsp3) is 1.00. The highest BCUT2D eigenvalue weighted by atomic mass is 35.5. The summed E-state index contributed by atoms with van der Waals surface area (Å²) in [6, 6.07) is 0. The summed E-state index contributed by atoms with van der Waals surface area (Å²) in [5, 5.41) is 11.0. The Balaban J connectivity index is 0. The van der Waals surface area contributed by atoms with E-state index in [1.807, 2.05) is 5.48 Å². The maximum Gasteiger partial charge on any atom is 0.0406 e. The molecule has 48 valence electrons. The van der Waals surface area contributed by atoms with Crippen LogP contribution in [-0.4, -0.2) is 18.3 Å². The lowest BCUT2D eigenvalue weighted by Gasteiger charge is -1.84. The Morgan fingerprint density at radius 3 is 2.75 bits per heavy atom. The van der Waals surface area contributed by atoms with Gasteiger partial charge in [-0.15, -0.1) is 12.4 Å². The first-order valence-electron chi connectivity index (χ1n) is 1.79. The highest BCUT2D eigenvalue weighted by molar-refractivity contribution is 5.85. The zero-order valence-corrected chi connectivity index (χ0v) is 4.93. The van der Waals surface area contributed by atoms with Crippen molar-refractivity contribution in [1.82, 2.24) is 5.48 Å². The molecule has 2 N–H and O–H groups in total. The third kappa shape index (κ3) is 9.10. The number of halogens is 1. The molecule has 0 heterocycles. The van der Waals surface area contributed by atoms with E-state index in [-0.39, 0.29) is 19.0 Å². The van der Waals surface area contributed by atoms with Gasteiger partial charge in [0.05, 0.1) is 0 Å². The lowest BCUT2D eigenvalue weighted by Crippen LogP contribution is -2.10. The molecule has 0 spiro atoms. The van der Waals surface area contributed by atoms with E-state index in [0.29, 0.717) is 6.54 Å². The molecule has 0 aliphatic carbocycles. The van der Waals surface area contributed by atoms with Crippen molar-refractivity contribution in [3.05, 3.63) is 10.4 Å². The fourth-order valence-electron chi connectivity index (χ4n) is 0.145. The number of rotatable bonds is 3. The van der Waals surface area contributed by atoms with Crippen LogP contribution in [0.4, 0.5) is 0 Å². The van der Waals surface area contributed by atoms with Crippen LogP contribution in [0.15, 0.2) is 5.11 Å². The van der Waals surface area contributed by atoms with Gasteiger partial charge in [-0.3, -0.25) is 0 Å². The van der Waals surface area contributed by atoms with Crippen LogP contribution in [0.5, 0.6) is 0 Å². The van der Waals surface area contributed by atoms with E-state index in [9.17, 15) is 0 Å². The third-order valence-corrected chi connectivity index (χ3v) is 0.387. The molecule has 5 nitrogen and oxygen atoms in total. The zero-order valence-electron chi connectivity index (χ0n) is 4.11. The minimum Gasteiger partial charge on any atom is -0.317 e. The van der Waals surface area contributed by atoms with Crippen LogP contribution in [-0.2, 0) is 0 Å². The van der Waals surface area contributed by atoms with E-state index in [4.69, 9.17) is 10.7 Å². The van der Waals surface area contributed by atoms with Crippen molar-refractivity contribution < 1.29 is 5.21 Å². The molecule has 0 aliphatic rings. The standard InChI is InChI=1S/C2H6N4O.ClH/c3-6-4-1-2-5-7;/h5,7H,1-2H2;1H. The molecule has 0 unspecified atom stereocenters. The normalized spacial score (nSPS) is 6.62. The predicted molar refractivity (Wildman–Crippen MR) is 31.1 cm³/mol.